The lowest BCUT2D eigenvalue weighted by Gasteiger charge is -2.16. The van der Waals surface area contributed by atoms with Crippen LogP contribution in [0.2, 0.25) is 0 Å². The summed E-state index contributed by atoms with van der Waals surface area (Å²) in [5, 5.41) is 3.71. The summed E-state index contributed by atoms with van der Waals surface area (Å²) >= 11 is 1.41. The SMILES string of the molecule is Cc1[nH]c(SCC(=O)NCc2ccc(N3CCCC3=O)cc2)nc1Cc1ccccc1. The second kappa shape index (κ2) is 9.83. The molecule has 0 spiro atoms. The van der Waals surface area contributed by atoms with E-state index < -0.39 is 0 Å². The first-order valence-electron chi connectivity index (χ1n) is 10.5. The zero-order valence-electron chi connectivity index (χ0n) is 17.6. The number of thioether (sulfide) groups is 1. The van der Waals surface area contributed by atoms with Crippen LogP contribution < -0.4 is 10.2 Å². The first-order valence-corrected chi connectivity index (χ1v) is 11.5. The van der Waals surface area contributed by atoms with Crippen LogP contribution in [0.25, 0.3) is 0 Å². The Morgan fingerprint density at radius 1 is 1.13 bits per heavy atom. The first kappa shape index (κ1) is 21.2. The number of benzene rings is 2. The van der Waals surface area contributed by atoms with Gasteiger partial charge < -0.3 is 15.2 Å². The molecule has 0 bridgehead atoms. The lowest BCUT2D eigenvalue weighted by Crippen LogP contribution is -2.25. The lowest BCUT2D eigenvalue weighted by molar-refractivity contribution is -0.119. The van der Waals surface area contributed by atoms with E-state index >= 15 is 0 Å². The van der Waals surface area contributed by atoms with Crippen LogP contribution in [-0.4, -0.2) is 34.1 Å². The van der Waals surface area contributed by atoms with E-state index in [9.17, 15) is 9.59 Å². The van der Waals surface area contributed by atoms with Crippen LogP contribution in [0.1, 0.15) is 35.4 Å². The van der Waals surface area contributed by atoms with Gasteiger partial charge in [-0.2, -0.15) is 0 Å². The van der Waals surface area contributed by atoms with Gasteiger partial charge in [-0.05, 0) is 36.6 Å². The van der Waals surface area contributed by atoms with Crippen molar-refractivity contribution in [2.24, 2.45) is 0 Å². The maximum absolute atomic E-state index is 12.3. The number of H-pyrrole nitrogens is 1. The summed E-state index contributed by atoms with van der Waals surface area (Å²) in [7, 11) is 0. The molecule has 1 fully saturated rings. The fraction of sp³-hybridized carbons (Fsp3) is 0.292. The number of amides is 2. The van der Waals surface area contributed by atoms with Gasteiger partial charge in [0.1, 0.15) is 0 Å². The van der Waals surface area contributed by atoms with Crippen molar-refractivity contribution in [3.8, 4) is 0 Å². The molecule has 2 amide bonds. The van der Waals surface area contributed by atoms with Gasteiger partial charge in [0.15, 0.2) is 5.16 Å². The number of anilines is 1. The second-order valence-corrected chi connectivity index (χ2v) is 8.62. The summed E-state index contributed by atoms with van der Waals surface area (Å²) in [5.74, 6) is 0.443. The standard InChI is InChI=1S/C24H26N4O2S/c1-17-21(14-18-6-3-2-4-7-18)27-24(26-17)31-16-22(29)25-15-19-9-11-20(12-10-19)28-13-5-8-23(28)30/h2-4,6-7,9-12H,5,8,13-16H2,1H3,(H,25,29)(H,26,27). The highest BCUT2D eigenvalue weighted by molar-refractivity contribution is 7.99. The minimum absolute atomic E-state index is 0.0394. The molecule has 3 aromatic rings. The number of aromatic nitrogens is 2. The Morgan fingerprint density at radius 3 is 2.61 bits per heavy atom. The van der Waals surface area contributed by atoms with E-state index in [2.05, 4.69) is 27.4 Å². The Bertz CT molecular complexity index is 1050. The van der Waals surface area contributed by atoms with Crippen molar-refractivity contribution in [1.82, 2.24) is 15.3 Å². The number of aromatic amines is 1. The van der Waals surface area contributed by atoms with Crippen LogP contribution in [0, 0.1) is 6.92 Å². The number of carbonyl (C=O) groups excluding carboxylic acids is 2. The van der Waals surface area contributed by atoms with Crippen LogP contribution in [0.15, 0.2) is 59.8 Å². The van der Waals surface area contributed by atoms with E-state index in [4.69, 9.17) is 0 Å². The molecule has 1 aliphatic rings. The summed E-state index contributed by atoms with van der Waals surface area (Å²) in [6, 6.07) is 18.0. The zero-order chi connectivity index (χ0) is 21.6. The smallest absolute Gasteiger partial charge is 0.230 e. The Hall–Kier alpha value is -3.06. The van der Waals surface area contributed by atoms with Crippen LogP contribution in [0.5, 0.6) is 0 Å². The number of carbonyl (C=O) groups is 2. The molecule has 1 aliphatic heterocycles. The quantitative estimate of drug-likeness (QED) is 0.528. The fourth-order valence-electron chi connectivity index (χ4n) is 3.60. The Morgan fingerprint density at radius 2 is 1.90 bits per heavy atom. The Balaban J connectivity index is 1.24. The Labute approximate surface area is 186 Å². The average Bonchev–Trinajstić information content (AvgIpc) is 3.37. The third-order valence-electron chi connectivity index (χ3n) is 5.33. The van der Waals surface area contributed by atoms with E-state index in [1.54, 1.807) is 0 Å². The van der Waals surface area contributed by atoms with Crippen LogP contribution >= 0.6 is 11.8 Å². The zero-order valence-corrected chi connectivity index (χ0v) is 18.4. The molecule has 0 unspecified atom stereocenters. The number of aryl methyl sites for hydroxylation is 1. The molecule has 2 heterocycles. The second-order valence-electron chi connectivity index (χ2n) is 7.66. The normalized spacial score (nSPS) is 13.6. The van der Waals surface area contributed by atoms with Crippen molar-refractivity contribution in [3.63, 3.8) is 0 Å². The summed E-state index contributed by atoms with van der Waals surface area (Å²) in [6.45, 7) is 3.25. The summed E-state index contributed by atoms with van der Waals surface area (Å²) in [6.07, 6.45) is 2.31. The van der Waals surface area contributed by atoms with Gasteiger partial charge in [-0.25, -0.2) is 4.98 Å². The van der Waals surface area contributed by atoms with Gasteiger partial charge in [-0.1, -0.05) is 54.2 Å². The van der Waals surface area contributed by atoms with Crippen LogP contribution in [-0.2, 0) is 22.6 Å². The molecule has 0 atom stereocenters. The van der Waals surface area contributed by atoms with Gasteiger partial charge >= 0.3 is 0 Å². The van der Waals surface area contributed by atoms with Crippen molar-refractivity contribution in [2.75, 3.05) is 17.2 Å². The van der Waals surface area contributed by atoms with Crippen molar-refractivity contribution >= 4 is 29.3 Å². The largest absolute Gasteiger partial charge is 0.351 e. The topological polar surface area (TPSA) is 78.1 Å². The summed E-state index contributed by atoms with van der Waals surface area (Å²) in [5.41, 5.74) is 5.18. The molecule has 7 heteroatoms. The van der Waals surface area contributed by atoms with Gasteiger partial charge in [0.05, 0.1) is 11.4 Å². The highest BCUT2D eigenvalue weighted by Crippen LogP contribution is 2.22. The minimum atomic E-state index is -0.0394. The van der Waals surface area contributed by atoms with E-state index in [0.29, 0.717) is 18.7 Å². The molecular formula is C24H26N4O2S. The van der Waals surface area contributed by atoms with Gasteiger partial charge in [-0.3, -0.25) is 9.59 Å². The fourth-order valence-corrected chi connectivity index (χ4v) is 4.37. The predicted octanol–water partition coefficient (Wildman–Crippen LogP) is 3.84. The molecule has 0 saturated carbocycles. The third-order valence-corrected chi connectivity index (χ3v) is 6.20. The molecule has 6 nitrogen and oxygen atoms in total. The average molecular weight is 435 g/mol. The van der Waals surface area contributed by atoms with Crippen molar-refractivity contribution < 1.29 is 9.59 Å². The predicted molar refractivity (Wildman–Crippen MR) is 123 cm³/mol. The summed E-state index contributed by atoms with van der Waals surface area (Å²) < 4.78 is 0. The number of nitrogens with one attached hydrogen (secondary N) is 2. The maximum Gasteiger partial charge on any atom is 0.230 e. The van der Waals surface area contributed by atoms with Gasteiger partial charge in [0.2, 0.25) is 11.8 Å². The van der Waals surface area contributed by atoms with Crippen molar-refractivity contribution in [3.05, 3.63) is 77.1 Å². The first-order chi connectivity index (χ1) is 15.1. The third kappa shape index (κ3) is 5.55. The van der Waals surface area contributed by atoms with E-state index in [1.807, 2.05) is 54.3 Å². The Kier molecular flexibility index (Phi) is 6.72. The highest BCUT2D eigenvalue weighted by Gasteiger charge is 2.21. The van der Waals surface area contributed by atoms with Crippen LogP contribution in [0.3, 0.4) is 0 Å². The lowest BCUT2D eigenvalue weighted by atomic mass is 10.1. The molecule has 160 valence electrons. The van der Waals surface area contributed by atoms with Crippen LogP contribution in [0.4, 0.5) is 5.69 Å². The monoisotopic (exact) mass is 434 g/mol. The highest BCUT2D eigenvalue weighted by atomic mass is 32.2. The molecule has 0 radical (unpaired) electrons. The molecule has 2 N–H and O–H groups in total. The molecule has 1 aromatic heterocycles. The maximum atomic E-state index is 12.3. The minimum Gasteiger partial charge on any atom is -0.351 e. The summed E-state index contributed by atoms with van der Waals surface area (Å²) in [4.78, 5) is 33.8. The molecule has 1 saturated heterocycles. The number of nitrogens with zero attached hydrogens (tertiary/aromatic N) is 2. The molecule has 4 rings (SSSR count). The number of hydrogen-bond acceptors (Lipinski definition) is 4. The van der Waals surface area contributed by atoms with Gasteiger partial charge in [-0.15, -0.1) is 0 Å². The molecule has 0 aliphatic carbocycles. The van der Waals surface area contributed by atoms with Crippen molar-refractivity contribution in [2.45, 2.75) is 37.9 Å². The molecule has 31 heavy (non-hydrogen) atoms. The van der Waals surface area contributed by atoms with E-state index in [-0.39, 0.29) is 11.8 Å². The molecular weight excluding hydrogens is 408 g/mol. The molecule has 2 aromatic carbocycles. The van der Waals surface area contributed by atoms with E-state index in [1.165, 1.54) is 17.3 Å². The number of rotatable bonds is 8. The van der Waals surface area contributed by atoms with E-state index in [0.717, 1.165) is 47.2 Å². The number of imidazole rings is 1. The number of hydrogen-bond donors (Lipinski definition) is 2. The van der Waals surface area contributed by atoms with Gasteiger partial charge in [0.25, 0.3) is 0 Å². The van der Waals surface area contributed by atoms with Gasteiger partial charge in [0, 0.05) is 37.3 Å². The van der Waals surface area contributed by atoms with Crippen molar-refractivity contribution in [1.29, 1.82) is 0 Å².